The molecule has 1 heterocycles. The lowest BCUT2D eigenvalue weighted by Crippen LogP contribution is -2.39. The lowest BCUT2D eigenvalue weighted by molar-refractivity contribution is 0.250. The van der Waals surface area contributed by atoms with Crippen molar-refractivity contribution in [3.8, 4) is 0 Å². The Balaban J connectivity index is 1.47. The third kappa shape index (κ3) is 6.51. The number of likely N-dealkylation sites (tertiary alicyclic amines) is 1. The fourth-order valence-corrected chi connectivity index (χ4v) is 3.79. The number of nitrogens with zero attached hydrogens (tertiary/aromatic N) is 2. The second-order valence-corrected chi connectivity index (χ2v) is 8.14. The number of hydrogen-bond acceptors (Lipinski definition) is 2. The van der Waals surface area contributed by atoms with Crippen molar-refractivity contribution in [3.05, 3.63) is 65.7 Å². The molecule has 1 aliphatic heterocycles. The van der Waals surface area contributed by atoms with Crippen LogP contribution in [0.1, 0.15) is 31.4 Å². The van der Waals surface area contributed by atoms with E-state index in [2.05, 4.69) is 56.2 Å². The summed E-state index contributed by atoms with van der Waals surface area (Å²) < 4.78 is 0. The van der Waals surface area contributed by atoms with E-state index in [1.165, 1.54) is 12.0 Å². The van der Waals surface area contributed by atoms with E-state index < -0.39 is 0 Å². The fourth-order valence-electron chi connectivity index (χ4n) is 3.79. The van der Waals surface area contributed by atoms with Crippen LogP contribution in [0.15, 0.2) is 59.6 Å². The maximum atomic E-state index is 11.8. The van der Waals surface area contributed by atoms with E-state index in [0.29, 0.717) is 12.5 Å². The van der Waals surface area contributed by atoms with Gasteiger partial charge in [-0.25, -0.2) is 4.79 Å². The smallest absolute Gasteiger partial charge is 0.319 e. The summed E-state index contributed by atoms with van der Waals surface area (Å²) in [6.07, 6.45) is 2.31. The van der Waals surface area contributed by atoms with Crippen LogP contribution in [0.4, 0.5) is 10.5 Å². The number of rotatable bonds is 6. The molecule has 1 saturated heterocycles. The first kappa shape index (κ1) is 21.7. The summed E-state index contributed by atoms with van der Waals surface area (Å²) in [6, 6.07) is 18.5. The van der Waals surface area contributed by atoms with Crippen LogP contribution < -0.4 is 16.0 Å². The van der Waals surface area contributed by atoms with Crippen molar-refractivity contribution in [2.75, 3.05) is 25.5 Å². The minimum Gasteiger partial charge on any atom is -0.352 e. The number of carbonyl (C=O) groups excluding carboxylic acids is 1. The summed E-state index contributed by atoms with van der Waals surface area (Å²) in [6.45, 7) is 6.63. The summed E-state index contributed by atoms with van der Waals surface area (Å²) in [5, 5.41) is 9.14. The van der Waals surface area contributed by atoms with Gasteiger partial charge in [-0.05, 0) is 55.9 Å². The summed E-state index contributed by atoms with van der Waals surface area (Å²) >= 11 is 0. The Morgan fingerprint density at radius 1 is 1.10 bits per heavy atom. The van der Waals surface area contributed by atoms with Crippen LogP contribution in [0, 0.1) is 5.92 Å². The van der Waals surface area contributed by atoms with Crippen molar-refractivity contribution in [1.82, 2.24) is 15.5 Å². The average Bonchev–Trinajstić information content (AvgIpc) is 3.18. The van der Waals surface area contributed by atoms with E-state index in [4.69, 9.17) is 0 Å². The molecule has 2 aromatic carbocycles. The predicted molar refractivity (Wildman–Crippen MR) is 124 cm³/mol. The number of nitrogens with one attached hydrogen (secondary N) is 3. The topological polar surface area (TPSA) is 68.8 Å². The highest BCUT2D eigenvalue weighted by atomic mass is 16.2. The molecule has 30 heavy (non-hydrogen) atoms. The van der Waals surface area contributed by atoms with Gasteiger partial charge in [-0.1, -0.05) is 42.5 Å². The zero-order chi connectivity index (χ0) is 21.3. The van der Waals surface area contributed by atoms with Gasteiger partial charge in [0.25, 0.3) is 0 Å². The Morgan fingerprint density at radius 2 is 1.83 bits per heavy atom. The number of aliphatic imine (C=N–C) groups is 1. The summed E-state index contributed by atoms with van der Waals surface area (Å²) in [5.74, 6) is 1.61. The molecule has 160 valence electrons. The van der Waals surface area contributed by atoms with Gasteiger partial charge < -0.3 is 20.9 Å². The molecule has 1 unspecified atom stereocenters. The van der Waals surface area contributed by atoms with Crippen LogP contribution in [0.2, 0.25) is 0 Å². The molecule has 1 fully saturated rings. The van der Waals surface area contributed by atoms with Crippen molar-refractivity contribution < 1.29 is 4.79 Å². The highest BCUT2D eigenvalue weighted by Crippen LogP contribution is 2.21. The third-order valence-corrected chi connectivity index (χ3v) is 5.25. The van der Waals surface area contributed by atoms with Gasteiger partial charge in [0.15, 0.2) is 5.96 Å². The Morgan fingerprint density at radius 3 is 2.50 bits per heavy atom. The Kier molecular flexibility index (Phi) is 7.71. The van der Waals surface area contributed by atoms with Gasteiger partial charge in [0.1, 0.15) is 0 Å². The van der Waals surface area contributed by atoms with E-state index in [1.54, 1.807) is 0 Å². The summed E-state index contributed by atoms with van der Waals surface area (Å²) in [5.41, 5.74) is 3.33. The number of anilines is 1. The standard InChI is InChI=1S/C24H33N5O/c1-18(2)27-24(30)28-22-11-9-20(10-12-22)16-26-23(25-3)29-14-13-21(17-29)15-19-7-5-4-6-8-19/h4-12,18,21H,13-17H2,1-3H3,(H,25,26)(H2,27,28,30). The van der Waals surface area contributed by atoms with Gasteiger partial charge in [-0.15, -0.1) is 0 Å². The van der Waals surface area contributed by atoms with Gasteiger partial charge in [0.05, 0.1) is 0 Å². The Bertz CT molecular complexity index is 832. The van der Waals surface area contributed by atoms with Gasteiger partial charge in [-0.2, -0.15) is 0 Å². The van der Waals surface area contributed by atoms with Crippen LogP contribution in [0.5, 0.6) is 0 Å². The largest absolute Gasteiger partial charge is 0.352 e. The highest BCUT2D eigenvalue weighted by molar-refractivity contribution is 5.89. The maximum absolute atomic E-state index is 11.8. The SMILES string of the molecule is CN=C(NCc1ccc(NC(=O)NC(C)C)cc1)N1CCC(Cc2ccccc2)C1. The lowest BCUT2D eigenvalue weighted by atomic mass is 9.99. The number of carbonyl (C=O) groups is 1. The fraction of sp³-hybridized carbons (Fsp3) is 0.417. The molecule has 0 saturated carbocycles. The quantitative estimate of drug-likeness (QED) is 0.503. The van der Waals surface area contributed by atoms with Crippen LogP contribution in [-0.4, -0.2) is 43.1 Å². The number of guanidine groups is 1. The third-order valence-electron chi connectivity index (χ3n) is 5.25. The Labute approximate surface area is 179 Å². The molecule has 6 nitrogen and oxygen atoms in total. The van der Waals surface area contributed by atoms with Crippen molar-refractivity contribution >= 4 is 17.7 Å². The zero-order valence-corrected chi connectivity index (χ0v) is 18.2. The molecule has 3 N–H and O–H groups in total. The summed E-state index contributed by atoms with van der Waals surface area (Å²) in [4.78, 5) is 18.6. The number of amides is 2. The van der Waals surface area contributed by atoms with Crippen molar-refractivity contribution in [2.45, 2.75) is 39.3 Å². The van der Waals surface area contributed by atoms with Crippen LogP contribution in [0.3, 0.4) is 0 Å². The van der Waals surface area contributed by atoms with Crippen molar-refractivity contribution in [3.63, 3.8) is 0 Å². The maximum Gasteiger partial charge on any atom is 0.319 e. The highest BCUT2D eigenvalue weighted by Gasteiger charge is 2.24. The molecule has 0 aromatic heterocycles. The normalized spacial score (nSPS) is 16.6. The van der Waals surface area contributed by atoms with Crippen molar-refractivity contribution in [1.29, 1.82) is 0 Å². The van der Waals surface area contributed by atoms with E-state index in [-0.39, 0.29) is 12.1 Å². The van der Waals surface area contributed by atoms with Crippen molar-refractivity contribution in [2.24, 2.45) is 10.9 Å². The molecule has 0 bridgehead atoms. The first-order chi connectivity index (χ1) is 14.5. The van der Waals surface area contributed by atoms with E-state index in [1.807, 2.05) is 45.2 Å². The van der Waals surface area contributed by atoms with Gasteiger partial charge >= 0.3 is 6.03 Å². The zero-order valence-electron chi connectivity index (χ0n) is 18.2. The molecular weight excluding hydrogens is 374 g/mol. The first-order valence-electron chi connectivity index (χ1n) is 10.7. The Hall–Kier alpha value is -3.02. The molecule has 3 rings (SSSR count). The molecule has 6 heteroatoms. The summed E-state index contributed by atoms with van der Waals surface area (Å²) in [7, 11) is 1.84. The molecule has 1 atom stereocenters. The van der Waals surface area contributed by atoms with E-state index in [0.717, 1.165) is 36.7 Å². The van der Waals surface area contributed by atoms with Crippen LogP contribution in [0.25, 0.3) is 0 Å². The van der Waals surface area contributed by atoms with Gasteiger partial charge in [-0.3, -0.25) is 4.99 Å². The molecule has 1 aliphatic rings. The molecular formula is C24H33N5O. The molecule has 0 aliphatic carbocycles. The second-order valence-electron chi connectivity index (χ2n) is 8.14. The minimum absolute atomic E-state index is 0.109. The van der Waals surface area contributed by atoms with Crippen LogP contribution >= 0.6 is 0 Å². The molecule has 0 spiro atoms. The minimum atomic E-state index is -0.185. The molecule has 2 aromatic rings. The molecule has 2 amide bonds. The van der Waals surface area contributed by atoms with Crippen LogP contribution in [-0.2, 0) is 13.0 Å². The number of hydrogen-bond donors (Lipinski definition) is 3. The monoisotopic (exact) mass is 407 g/mol. The van der Waals surface area contributed by atoms with E-state index >= 15 is 0 Å². The number of benzene rings is 2. The average molecular weight is 408 g/mol. The number of urea groups is 1. The molecule has 0 radical (unpaired) electrons. The van der Waals surface area contributed by atoms with Gasteiger partial charge in [0.2, 0.25) is 0 Å². The van der Waals surface area contributed by atoms with Gasteiger partial charge in [0, 0.05) is 38.4 Å². The second kappa shape index (κ2) is 10.7. The lowest BCUT2D eigenvalue weighted by Gasteiger charge is -2.22. The van der Waals surface area contributed by atoms with E-state index in [9.17, 15) is 4.79 Å². The predicted octanol–water partition coefficient (Wildman–Crippen LogP) is 3.86. The first-order valence-corrected chi connectivity index (χ1v) is 10.7.